The van der Waals surface area contributed by atoms with Gasteiger partial charge in [-0.05, 0) is 47.5 Å². The number of nitrogens with one attached hydrogen (secondary N) is 1. The average Bonchev–Trinajstić information content (AvgIpc) is 2.73. The summed E-state index contributed by atoms with van der Waals surface area (Å²) in [7, 11) is 0. The van der Waals surface area contributed by atoms with Gasteiger partial charge in [0.15, 0.2) is 5.60 Å². The van der Waals surface area contributed by atoms with Crippen molar-refractivity contribution in [2.45, 2.75) is 5.60 Å². The maximum absolute atomic E-state index is 13.0. The van der Waals surface area contributed by atoms with Gasteiger partial charge in [-0.25, -0.2) is 5.43 Å². The lowest BCUT2D eigenvalue weighted by Gasteiger charge is -2.27. The largest absolute Gasteiger partial charge is 0.372 e. The van der Waals surface area contributed by atoms with Crippen molar-refractivity contribution in [3.05, 3.63) is 102 Å². The first kappa shape index (κ1) is 22.9. The van der Waals surface area contributed by atoms with E-state index in [1.807, 2.05) is 0 Å². The summed E-state index contributed by atoms with van der Waals surface area (Å²) in [6, 6.07) is 15.6. The van der Waals surface area contributed by atoms with E-state index in [2.05, 4.69) is 10.5 Å². The van der Waals surface area contributed by atoms with Crippen LogP contribution in [0.3, 0.4) is 0 Å². The standard InChI is InChI=1S/C21H13Cl5N2O2/c22-14-5-1-12(2-6-14)21(30,13-3-7-15(23)8-4-13)20(29)28-27-11-16-17(24)9-10-18(25)19(16)26/h1-11,30H,(H,28,29)/b27-11+. The molecule has 30 heavy (non-hydrogen) atoms. The normalized spacial score (nSPS) is 11.7. The Hall–Kier alpha value is -1.79. The summed E-state index contributed by atoms with van der Waals surface area (Å²) < 4.78 is 0. The summed E-state index contributed by atoms with van der Waals surface area (Å²) in [5.41, 5.74) is 1.18. The van der Waals surface area contributed by atoms with Gasteiger partial charge in [-0.15, -0.1) is 0 Å². The van der Waals surface area contributed by atoms with Crippen LogP contribution >= 0.6 is 58.0 Å². The molecule has 3 aromatic rings. The second kappa shape index (κ2) is 9.56. The van der Waals surface area contributed by atoms with Gasteiger partial charge in [0.1, 0.15) is 0 Å². The monoisotopic (exact) mass is 500 g/mol. The molecular weight excluding hydrogens is 490 g/mol. The molecule has 0 aromatic heterocycles. The van der Waals surface area contributed by atoms with Crippen molar-refractivity contribution >= 4 is 70.1 Å². The summed E-state index contributed by atoms with van der Waals surface area (Å²) in [6.45, 7) is 0. The predicted molar refractivity (Wildman–Crippen MR) is 123 cm³/mol. The summed E-state index contributed by atoms with van der Waals surface area (Å²) in [5.74, 6) is -0.808. The van der Waals surface area contributed by atoms with E-state index in [-0.39, 0.29) is 10.0 Å². The number of halogens is 5. The van der Waals surface area contributed by atoms with Gasteiger partial charge in [0, 0.05) is 15.6 Å². The third kappa shape index (κ3) is 4.75. The molecule has 0 atom stereocenters. The molecule has 0 radical (unpaired) electrons. The molecule has 0 saturated heterocycles. The van der Waals surface area contributed by atoms with Crippen LogP contribution in [0.4, 0.5) is 0 Å². The maximum atomic E-state index is 13.0. The molecule has 3 rings (SSSR count). The SMILES string of the molecule is O=C(N/N=C/c1c(Cl)ccc(Cl)c1Cl)C(O)(c1ccc(Cl)cc1)c1ccc(Cl)cc1. The van der Waals surface area contributed by atoms with Crippen molar-refractivity contribution in [3.8, 4) is 0 Å². The lowest BCUT2D eigenvalue weighted by atomic mass is 9.85. The van der Waals surface area contributed by atoms with E-state index < -0.39 is 11.5 Å². The van der Waals surface area contributed by atoms with Crippen LogP contribution < -0.4 is 5.43 Å². The van der Waals surface area contributed by atoms with Crippen LogP contribution in [0.2, 0.25) is 25.1 Å². The summed E-state index contributed by atoms with van der Waals surface area (Å²) >= 11 is 30.1. The van der Waals surface area contributed by atoms with Crippen LogP contribution in [-0.4, -0.2) is 17.2 Å². The minimum atomic E-state index is -2.06. The molecule has 0 unspecified atom stereocenters. The maximum Gasteiger partial charge on any atom is 0.281 e. The number of benzene rings is 3. The Labute approximate surface area is 198 Å². The second-order valence-electron chi connectivity index (χ2n) is 6.18. The number of hydrazone groups is 1. The van der Waals surface area contributed by atoms with E-state index >= 15 is 0 Å². The number of hydrogen-bond acceptors (Lipinski definition) is 3. The minimum absolute atomic E-state index is 0.188. The van der Waals surface area contributed by atoms with Gasteiger partial charge in [-0.1, -0.05) is 82.3 Å². The summed E-state index contributed by atoms with van der Waals surface area (Å²) in [4.78, 5) is 13.0. The van der Waals surface area contributed by atoms with Crippen LogP contribution in [0.25, 0.3) is 0 Å². The first-order chi connectivity index (χ1) is 14.2. The first-order valence-electron chi connectivity index (χ1n) is 8.45. The lowest BCUT2D eigenvalue weighted by Crippen LogP contribution is -2.43. The molecule has 9 heteroatoms. The van der Waals surface area contributed by atoms with Crippen LogP contribution in [0, 0.1) is 0 Å². The highest BCUT2D eigenvalue weighted by molar-refractivity contribution is 6.45. The van der Waals surface area contributed by atoms with E-state index in [0.717, 1.165) is 0 Å². The molecular formula is C21H13Cl5N2O2. The van der Waals surface area contributed by atoms with Gasteiger partial charge in [-0.3, -0.25) is 4.79 Å². The number of rotatable bonds is 5. The first-order valence-corrected chi connectivity index (χ1v) is 10.3. The van der Waals surface area contributed by atoms with E-state index in [9.17, 15) is 9.90 Å². The molecule has 0 saturated carbocycles. The van der Waals surface area contributed by atoms with Gasteiger partial charge in [0.25, 0.3) is 5.91 Å². The van der Waals surface area contributed by atoms with Crippen molar-refractivity contribution in [2.75, 3.05) is 0 Å². The summed E-state index contributed by atoms with van der Waals surface area (Å²) in [6.07, 6.45) is 1.25. The lowest BCUT2D eigenvalue weighted by molar-refractivity contribution is -0.136. The van der Waals surface area contributed by atoms with Crippen molar-refractivity contribution in [2.24, 2.45) is 5.10 Å². The fraction of sp³-hybridized carbons (Fsp3) is 0.0476. The zero-order chi connectivity index (χ0) is 21.9. The van der Waals surface area contributed by atoms with E-state index in [1.54, 1.807) is 60.7 Å². The number of hydrogen-bond donors (Lipinski definition) is 2. The van der Waals surface area contributed by atoms with E-state index in [4.69, 9.17) is 58.0 Å². The van der Waals surface area contributed by atoms with Gasteiger partial charge < -0.3 is 5.11 Å². The van der Waals surface area contributed by atoms with Gasteiger partial charge in [0.2, 0.25) is 0 Å². The molecule has 0 bridgehead atoms. The van der Waals surface area contributed by atoms with Gasteiger partial charge >= 0.3 is 0 Å². The van der Waals surface area contributed by atoms with Crippen molar-refractivity contribution in [3.63, 3.8) is 0 Å². The Morgan fingerprint density at radius 3 is 1.77 bits per heavy atom. The molecule has 0 aliphatic heterocycles. The zero-order valence-electron chi connectivity index (χ0n) is 15.0. The number of amides is 1. The molecule has 0 spiro atoms. The number of carbonyl (C=O) groups is 1. The van der Waals surface area contributed by atoms with Crippen molar-refractivity contribution in [1.29, 1.82) is 0 Å². The molecule has 154 valence electrons. The third-order valence-electron chi connectivity index (χ3n) is 4.29. The van der Waals surface area contributed by atoms with Crippen LogP contribution in [0.1, 0.15) is 16.7 Å². The molecule has 0 heterocycles. The average molecular weight is 503 g/mol. The Morgan fingerprint density at radius 1 is 0.800 bits per heavy atom. The molecule has 4 nitrogen and oxygen atoms in total. The van der Waals surface area contributed by atoms with E-state index in [0.29, 0.717) is 31.8 Å². The second-order valence-corrected chi connectivity index (χ2v) is 8.25. The molecule has 1 amide bonds. The number of carbonyl (C=O) groups excluding carboxylic acids is 1. The quantitative estimate of drug-likeness (QED) is 0.243. The highest BCUT2D eigenvalue weighted by Gasteiger charge is 2.40. The fourth-order valence-electron chi connectivity index (χ4n) is 2.71. The summed E-state index contributed by atoms with van der Waals surface area (Å²) in [5, 5.41) is 17.0. The van der Waals surface area contributed by atoms with Gasteiger partial charge in [0.05, 0.1) is 21.3 Å². The van der Waals surface area contributed by atoms with Gasteiger partial charge in [-0.2, -0.15) is 5.10 Å². The van der Waals surface area contributed by atoms with Crippen LogP contribution in [0.5, 0.6) is 0 Å². The minimum Gasteiger partial charge on any atom is -0.372 e. The third-order valence-corrected chi connectivity index (χ3v) is 5.94. The predicted octanol–water partition coefficient (Wildman–Crippen LogP) is 6.34. The fourth-order valence-corrected chi connectivity index (χ4v) is 3.59. The Morgan fingerprint density at radius 2 is 1.27 bits per heavy atom. The Balaban J connectivity index is 1.96. The zero-order valence-corrected chi connectivity index (χ0v) is 18.8. The van der Waals surface area contributed by atoms with Crippen molar-refractivity contribution in [1.82, 2.24) is 5.43 Å². The Kier molecular flexibility index (Phi) is 7.30. The smallest absolute Gasteiger partial charge is 0.281 e. The number of nitrogens with zero attached hydrogens (tertiary/aromatic N) is 1. The highest BCUT2D eigenvalue weighted by Crippen LogP contribution is 2.32. The highest BCUT2D eigenvalue weighted by atomic mass is 35.5. The molecule has 0 aliphatic rings. The molecule has 2 N–H and O–H groups in total. The topological polar surface area (TPSA) is 61.7 Å². The van der Waals surface area contributed by atoms with Crippen LogP contribution in [0.15, 0.2) is 65.8 Å². The molecule has 0 fully saturated rings. The molecule has 0 aliphatic carbocycles. The number of aliphatic hydroxyl groups is 1. The van der Waals surface area contributed by atoms with E-state index in [1.165, 1.54) is 6.21 Å². The molecule has 3 aromatic carbocycles. The Bertz CT molecular complexity index is 1050. The van der Waals surface area contributed by atoms with Crippen molar-refractivity contribution < 1.29 is 9.90 Å². The van der Waals surface area contributed by atoms with Crippen LogP contribution in [-0.2, 0) is 10.4 Å².